The second-order valence-corrected chi connectivity index (χ2v) is 7.78. The maximum Gasteiger partial charge on any atom is 0.319 e. The Hall–Kier alpha value is -1.40. The molecule has 0 aromatic heterocycles. The standard InChI is InChI=1S/C17H24N2O3S/c1-3-22-15-11-14(17(15)8-5-9-17)19-16(20)18-12-6-4-7-13(10-12)23(2)21/h4,6-7,10,14-15H,3,5,8-9,11H2,1-2H3,(H2,18,19,20)/t14-,15-,23+/m1/s1. The minimum atomic E-state index is -1.06. The van der Waals surface area contributed by atoms with E-state index in [1.807, 2.05) is 6.92 Å². The van der Waals surface area contributed by atoms with Crippen LogP contribution >= 0.6 is 0 Å². The Morgan fingerprint density at radius 1 is 1.43 bits per heavy atom. The van der Waals surface area contributed by atoms with E-state index in [1.165, 1.54) is 6.42 Å². The molecule has 0 bridgehead atoms. The molecule has 0 unspecified atom stereocenters. The van der Waals surface area contributed by atoms with E-state index in [9.17, 15) is 9.00 Å². The summed E-state index contributed by atoms with van der Waals surface area (Å²) in [7, 11) is -1.06. The molecule has 0 saturated heterocycles. The normalized spacial score (nSPS) is 26.0. The molecule has 3 atom stereocenters. The molecule has 1 spiro atoms. The number of carbonyl (C=O) groups is 1. The van der Waals surface area contributed by atoms with Crippen molar-refractivity contribution in [3.8, 4) is 0 Å². The summed E-state index contributed by atoms with van der Waals surface area (Å²) in [6.07, 6.45) is 6.28. The van der Waals surface area contributed by atoms with Gasteiger partial charge in [0.15, 0.2) is 0 Å². The topological polar surface area (TPSA) is 67.4 Å². The summed E-state index contributed by atoms with van der Waals surface area (Å²) >= 11 is 0. The minimum Gasteiger partial charge on any atom is -0.378 e. The summed E-state index contributed by atoms with van der Waals surface area (Å²) in [5, 5.41) is 5.93. The zero-order valence-electron chi connectivity index (χ0n) is 13.6. The van der Waals surface area contributed by atoms with Crippen LogP contribution in [-0.4, -0.2) is 35.2 Å². The van der Waals surface area contributed by atoms with E-state index in [-0.39, 0.29) is 23.6 Å². The number of ether oxygens (including phenoxy) is 1. The fourth-order valence-corrected chi connectivity index (χ4v) is 4.28. The van der Waals surface area contributed by atoms with Crippen molar-refractivity contribution in [2.75, 3.05) is 18.2 Å². The number of urea groups is 1. The van der Waals surface area contributed by atoms with E-state index >= 15 is 0 Å². The van der Waals surface area contributed by atoms with Crippen molar-refractivity contribution in [2.24, 2.45) is 5.41 Å². The third-order valence-corrected chi connectivity index (χ3v) is 6.08. The Bertz CT molecular complexity index is 616. The molecule has 2 fully saturated rings. The van der Waals surface area contributed by atoms with Crippen LogP contribution in [0.3, 0.4) is 0 Å². The summed E-state index contributed by atoms with van der Waals surface area (Å²) < 4.78 is 17.3. The SMILES string of the molecule is CCO[C@@H]1C[C@@H](NC(=O)Nc2cccc([S@](C)=O)c2)C12CCC2. The zero-order valence-corrected chi connectivity index (χ0v) is 14.4. The molecule has 1 aromatic rings. The van der Waals surface area contributed by atoms with Crippen LogP contribution in [0.1, 0.15) is 32.6 Å². The van der Waals surface area contributed by atoms with Gasteiger partial charge < -0.3 is 15.4 Å². The lowest BCUT2D eigenvalue weighted by Gasteiger charge is -2.60. The number of anilines is 1. The van der Waals surface area contributed by atoms with Crippen LogP contribution in [0.4, 0.5) is 10.5 Å². The van der Waals surface area contributed by atoms with Crippen molar-refractivity contribution < 1.29 is 13.7 Å². The highest BCUT2D eigenvalue weighted by molar-refractivity contribution is 7.84. The van der Waals surface area contributed by atoms with E-state index < -0.39 is 10.8 Å². The van der Waals surface area contributed by atoms with Crippen LogP contribution < -0.4 is 10.6 Å². The summed E-state index contributed by atoms with van der Waals surface area (Å²) in [5.41, 5.74) is 0.818. The third-order valence-electron chi connectivity index (χ3n) is 5.17. The third kappa shape index (κ3) is 3.15. The lowest BCUT2D eigenvalue weighted by atomic mass is 9.51. The Balaban J connectivity index is 1.58. The van der Waals surface area contributed by atoms with E-state index in [0.717, 1.165) is 25.9 Å². The van der Waals surface area contributed by atoms with Crippen molar-refractivity contribution in [1.82, 2.24) is 5.32 Å². The van der Waals surface area contributed by atoms with Crippen LogP contribution in [0.15, 0.2) is 29.2 Å². The molecule has 23 heavy (non-hydrogen) atoms. The van der Waals surface area contributed by atoms with E-state index in [4.69, 9.17) is 4.74 Å². The average Bonchev–Trinajstić information content (AvgIpc) is 2.44. The lowest BCUT2D eigenvalue weighted by Crippen LogP contribution is -2.68. The molecular weight excluding hydrogens is 312 g/mol. The molecule has 0 heterocycles. The van der Waals surface area contributed by atoms with Gasteiger partial charge in [0.1, 0.15) is 0 Å². The fourth-order valence-electron chi connectivity index (χ4n) is 3.72. The monoisotopic (exact) mass is 336 g/mol. The smallest absolute Gasteiger partial charge is 0.319 e. The predicted molar refractivity (Wildman–Crippen MR) is 91.0 cm³/mol. The molecular formula is C17H24N2O3S. The van der Waals surface area contributed by atoms with Gasteiger partial charge in [-0.3, -0.25) is 4.21 Å². The van der Waals surface area contributed by atoms with Gasteiger partial charge in [0.25, 0.3) is 0 Å². The maximum absolute atomic E-state index is 12.3. The van der Waals surface area contributed by atoms with Gasteiger partial charge in [0.05, 0.1) is 6.10 Å². The highest BCUT2D eigenvalue weighted by atomic mass is 32.2. The molecule has 2 aliphatic carbocycles. The molecule has 0 aliphatic heterocycles. The van der Waals surface area contributed by atoms with E-state index in [0.29, 0.717) is 10.6 Å². The number of amides is 2. The van der Waals surface area contributed by atoms with Crippen molar-refractivity contribution in [2.45, 2.75) is 49.6 Å². The quantitative estimate of drug-likeness (QED) is 0.869. The molecule has 126 valence electrons. The molecule has 2 amide bonds. The maximum atomic E-state index is 12.3. The Morgan fingerprint density at radius 3 is 2.83 bits per heavy atom. The first kappa shape index (κ1) is 16.5. The molecule has 2 aliphatic rings. The van der Waals surface area contributed by atoms with Crippen LogP contribution in [0, 0.1) is 5.41 Å². The highest BCUT2D eigenvalue weighted by Gasteiger charge is 2.59. The minimum absolute atomic E-state index is 0.153. The van der Waals surface area contributed by atoms with Gasteiger partial charge in [-0.15, -0.1) is 0 Å². The number of carbonyl (C=O) groups excluding carboxylic acids is 1. The molecule has 2 saturated carbocycles. The second-order valence-electron chi connectivity index (χ2n) is 6.40. The molecule has 0 radical (unpaired) electrons. The van der Waals surface area contributed by atoms with Crippen molar-refractivity contribution >= 4 is 22.5 Å². The van der Waals surface area contributed by atoms with E-state index in [1.54, 1.807) is 30.5 Å². The average molecular weight is 336 g/mol. The predicted octanol–water partition coefficient (Wildman–Crippen LogP) is 2.89. The van der Waals surface area contributed by atoms with E-state index in [2.05, 4.69) is 10.6 Å². The van der Waals surface area contributed by atoms with Gasteiger partial charge >= 0.3 is 6.03 Å². The highest BCUT2D eigenvalue weighted by Crippen LogP contribution is 2.57. The lowest BCUT2D eigenvalue weighted by molar-refractivity contribution is -0.169. The molecule has 1 aromatic carbocycles. The number of nitrogens with one attached hydrogen (secondary N) is 2. The van der Waals surface area contributed by atoms with Crippen LogP contribution in [-0.2, 0) is 15.5 Å². The van der Waals surface area contributed by atoms with Crippen LogP contribution in [0.2, 0.25) is 0 Å². The van der Waals surface area contributed by atoms with Crippen LogP contribution in [0.5, 0.6) is 0 Å². The first-order valence-corrected chi connectivity index (χ1v) is 9.73. The number of rotatable bonds is 5. The summed E-state index contributed by atoms with van der Waals surface area (Å²) in [4.78, 5) is 13.0. The summed E-state index contributed by atoms with van der Waals surface area (Å²) in [6, 6.07) is 7.14. The molecule has 3 rings (SSSR count). The van der Waals surface area contributed by atoms with Gasteiger partial charge in [-0.25, -0.2) is 4.79 Å². The first-order valence-electron chi connectivity index (χ1n) is 8.18. The number of benzene rings is 1. The summed E-state index contributed by atoms with van der Waals surface area (Å²) in [6.45, 7) is 2.75. The Labute approximate surface area is 139 Å². The summed E-state index contributed by atoms with van der Waals surface area (Å²) in [5.74, 6) is 0. The van der Waals surface area contributed by atoms with Crippen LogP contribution in [0.25, 0.3) is 0 Å². The second kappa shape index (κ2) is 6.61. The first-order chi connectivity index (χ1) is 11.0. The largest absolute Gasteiger partial charge is 0.378 e. The molecule has 2 N–H and O–H groups in total. The van der Waals surface area contributed by atoms with Gasteiger partial charge in [0.2, 0.25) is 0 Å². The Kier molecular flexibility index (Phi) is 4.73. The van der Waals surface area contributed by atoms with Gasteiger partial charge in [-0.1, -0.05) is 12.5 Å². The van der Waals surface area contributed by atoms with Gasteiger partial charge in [-0.2, -0.15) is 0 Å². The fraction of sp³-hybridized carbons (Fsp3) is 0.588. The van der Waals surface area contributed by atoms with Crippen molar-refractivity contribution in [3.05, 3.63) is 24.3 Å². The van der Waals surface area contributed by atoms with Gasteiger partial charge in [-0.05, 0) is 44.4 Å². The van der Waals surface area contributed by atoms with Crippen molar-refractivity contribution in [1.29, 1.82) is 0 Å². The van der Waals surface area contributed by atoms with Crippen molar-refractivity contribution in [3.63, 3.8) is 0 Å². The van der Waals surface area contributed by atoms with Gasteiger partial charge in [0, 0.05) is 45.7 Å². The number of hydrogen-bond acceptors (Lipinski definition) is 3. The zero-order chi connectivity index (χ0) is 16.4. The number of hydrogen-bond donors (Lipinski definition) is 2. The Morgan fingerprint density at radius 2 is 2.22 bits per heavy atom. The molecule has 5 nitrogen and oxygen atoms in total. The molecule has 6 heteroatoms.